The van der Waals surface area contributed by atoms with Crippen LogP contribution in [0.3, 0.4) is 0 Å². The van der Waals surface area contributed by atoms with Gasteiger partial charge in [-0.3, -0.25) is 0 Å². The highest BCUT2D eigenvalue weighted by Crippen LogP contribution is 2.30. The molecule has 1 fully saturated rings. The van der Waals surface area contributed by atoms with Crippen molar-refractivity contribution in [3.63, 3.8) is 0 Å². The predicted molar refractivity (Wildman–Crippen MR) is 91.6 cm³/mol. The minimum absolute atomic E-state index is 0.134. The molecule has 3 nitrogen and oxygen atoms in total. The Kier molecular flexibility index (Phi) is 4.34. The van der Waals surface area contributed by atoms with E-state index < -0.39 is 0 Å². The molecule has 1 aromatic heterocycles. The Hall–Kier alpha value is -1.61. The van der Waals surface area contributed by atoms with Gasteiger partial charge >= 0.3 is 0 Å². The standard InChI is InChI=1S/C19H27N3/c1-19(2,3)17-14-21-22(16-7-5-4-6-8-16)18(17)13-15-9-11-20-12-10-15/h4-8,14-15,20H,9-13H2,1-3H3. The summed E-state index contributed by atoms with van der Waals surface area (Å²) in [6, 6.07) is 10.5. The van der Waals surface area contributed by atoms with E-state index in [2.05, 4.69) is 67.3 Å². The molecule has 1 N–H and O–H groups in total. The highest BCUT2D eigenvalue weighted by Gasteiger charge is 2.25. The third kappa shape index (κ3) is 3.25. The first-order chi connectivity index (χ1) is 10.6. The lowest BCUT2D eigenvalue weighted by Gasteiger charge is -2.26. The third-order valence-corrected chi connectivity index (χ3v) is 4.62. The number of rotatable bonds is 3. The lowest BCUT2D eigenvalue weighted by Crippen LogP contribution is -2.29. The minimum Gasteiger partial charge on any atom is -0.317 e. The smallest absolute Gasteiger partial charge is 0.0648 e. The normalized spacial score (nSPS) is 16.9. The Balaban J connectivity index is 1.98. The van der Waals surface area contributed by atoms with Crippen molar-refractivity contribution in [2.24, 2.45) is 5.92 Å². The maximum Gasteiger partial charge on any atom is 0.0648 e. The van der Waals surface area contributed by atoms with Crippen LogP contribution in [-0.4, -0.2) is 22.9 Å². The first-order valence-corrected chi connectivity index (χ1v) is 8.39. The number of benzene rings is 1. The molecule has 0 unspecified atom stereocenters. The molecular formula is C19H27N3. The third-order valence-electron chi connectivity index (χ3n) is 4.62. The van der Waals surface area contributed by atoms with Crippen LogP contribution in [0.25, 0.3) is 5.69 Å². The fourth-order valence-corrected chi connectivity index (χ4v) is 3.35. The summed E-state index contributed by atoms with van der Waals surface area (Å²) < 4.78 is 2.16. The molecular weight excluding hydrogens is 270 g/mol. The van der Waals surface area contributed by atoms with Gasteiger partial charge in [-0.05, 0) is 61.4 Å². The summed E-state index contributed by atoms with van der Waals surface area (Å²) in [5.74, 6) is 0.765. The number of para-hydroxylation sites is 1. The number of piperidine rings is 1. The largest absolute Gasteiger partial charge is 0.317 e. The molecule has 22 heavy (non-hydrogen) atoms. The Morgan fingerprint density at radius 2 is 1.82 bits per heavy atom. The maximum atomic E-state index is 4.72. The zero-order chi connectivity index (χ0) is 15.6. The zero-order valence-electron chi connectivity index (χ0n) is 14.0. The summed E-state index contributed by atoms with van der Waals surface area (Å²) in [4.78, 5) is 0. The van der Waals surface area contributed by atoms with Crippen molar-refractivity contribution in [1.29, 1.82) is 0 Å². The summed E-state index contributed by atoms with van der Waals surface area (Å²) in [7, 11) is 0. The van der Waals surface area contributed by atoms with Gasteiger partial charge < -0.3 is 5.32 Å². The van der Waals surface area contributed by atoms with Crippen molar-refractivity contribution in [3.05, 3.63) is 47.8 Å². The summed E-state index contributed by atoms with van der Waals surface area (Å²) >= 11 is 0. The van der Waals surface area contributed by atoms with E-state index in [4.69, 9.17) is 5.10 Å². The van der Waals surface area contributed by atoms with Crippen LogP contribution in [0.15, 0.2) is 36.5 Å². The average Bonchev–Trinajstić information content (AvgIpc) is 2.93. The Morgan fingerprint density at radius 1 is 1.14 bits per heavy atom. The van der Waals surface area contributed by atoms with Crippen molar-refractivity contribution < 1.29 is 0 Å². The van der Waals surface area contributed by atoms with Gasteiger partial charge in [-0.25, -0.2) is 4.68 Å². The molecule has 1 saturated heterocycles. The van der Waals surface area contributed by atoms with E-state index in [-0.39, 0.29) is 5.41 Å². The number of hydrogen-bond acceptors (Lipinski definition) is 2. The summed E-state index contributed by atoms with van der Waals surface area (Å²) in [6.07, 6.45) is 5.74. The Bertz CT molecular complexity index is 601. The number of hydrogen-bond donors (Lipinski definition) is 1. The quantitative estimate of drug-likeness (QED) is 0.936. The molecule has 0 bridgehead atoms. The molecule has 0 aliphatic carbocycles. The van der Waals surface area contributed by atoms with E-state index in [0.29, 0.717) is 0 Å². The Labute approximate surface area is 133 Å². The molecule has 3 rings (SSSR count). The van der Waals surface area contributed by atoms with Gasteiger partial charge in [0.1, 0.15) is 0 Å². The molecule has 2 aromatic rings. The zero-order valence-corrected chi connectivity index (χ0v) is 14.0. The SMILES string of the molecule is CC(C)(C)c1cnn(-c2ccccc2)c1CC1CCNCC1. The summed E-state index contributed by atoms with van der Waals surface area (Å²) in [5, 5.41) is 8.18. The van der Waals surface area contributed by atoms with E-state index in [0.717, 1.165) is 25.4 Å². The van der Waals surface area contributed by atoms with Gasteiger partial charge in [0.05, 0.1) is 11.9 Å². The van der Waals surface area contributed by atoms with E-state index >= 15 is 0 Å². The highest BCUT2D eigenvalue weighted by molar-refractivity contribution is 5.37. The molecule has 118 valence electrons. The van der Waals surface area contributed by atoms with Crippen molar-refractivity contribution in [2.75, 3.05) is 13.1 Å². The van der Waals surface area contributed by atoms with Crippen LogP contribution in [0.4, 0.5) is 0 Å². The molecule has 0 radical (unpaired) electrons. The van der Waals surface area contributed by atoms with Gasteiger partial charge in [0.15, 0.2) is 0 Å². The van der Waals surface area contributed by atoms with E-state index in [1.165, 1.54) is 29.8 Å². The van der Waals surface area contributed by atoms with Gasteiger partial charge in [0.25, 0.3) is 0 Å². The van der Waals surface area contributed by atoms with Crippen LogP contribution in [0.2, 0.25) is 0 Å². The molecule has 0 amide bonds. The molecule has 0 spiro atoms. The van der Waals surface area contributed by atoms with Crippen LogP contribution in [0.1, 0.15) is 44.9 Å². The molecule has 1 aromatic carbocycles. The van der Waals surface area contributed by atoms with Crippen molar-refractivity contribution in [1.82, 2.24) is 15.1 Å². The fraction of sp³-hybridized carbons (Fsp3) is 0.526. The van der Waals surface area contributed by atoms with Gasteiger partial charge in [-0.15, -0.1) is 0 Å². The van der Waals surface area contributed by atoms with Crippen molar-refractivity contribution >= 4 is 0 Å². The van der Waals surface area contributed by atoms with E-state index in [1.807, 2.05) is 0 Å². The first-order valence-electron chi connectivity index (χ1n) is 8.39. The highest BCUT2D eigenvalue weighted by atomic mass is 15.3. The fourth-order valence-electron chi connectivity index (χ4n) is 3.35. The molecule has 1 aliphatic heterocycles. The Morgan fingerprint density at radius 3 is 2.45 bits per heavy atom. The number of nitrogens with zero attached hydrogens (tertiary/aromatic N) is 2. The summed E-state index contributed by atoms with van der Waals surface area (Å²) in [5.41, 5.74) is 4.08. The number of nitrogens with one attached hydrogen (secondary N) is 1. The van der Waals surface area contributed by atoms with Crippen LogP contribution < -0.4 is 5.32 Å². The van der Waals surface area contributed by atoms with Gasteiger partial charge in [0.2, 0.25) is 0 Å². The molecule has 1 aliphatic rings. The number of aromatic nitrogens is 2. The van der Waals surface area contributed by atoms with Crippen molar-refractivity contribution in [2.45, 2.75) is 45.4 Å². The molecule has 0 atom stereocenters. The monoisotopic (exact) mass is 297 g/mol. The van der Waals surface area contributed by atoms with Crippen molar-refractivity contribution in [3.8, 4) is 5.69 Å². The molecule has 0 saturated carbocycles. The minimum atomic E-state index is 0.134. The van der Waals surface area contributed by atoms with Crippen LogP contribution >= 0.6 is 0 Å². The lowest BCUT2D eigenvalue weighted by atomic mass is 9.83. The van der Waals surface area contributed by atoms with Crippen LogP contribution in [0.5, 0.6) is 0 Å². The summed E-state index contributed by atoms with van der Waals surface area (Å²) in [6.45, 7) is 9.14. The van der Waals surface area contributed by atoms with Gasteiger partial charge in [-0.2, -0.15) is 5.10 Å². The van der Waals surface area contributed by atoms with E-state index in [1.54, 1.807) is 0 Å². The van der Waals surface area contributed by atoms with Crippen LogP contribution in [-0.2, 0) is 11.8 Å². The average molecular weight is 297 g/mol. The van der Waals surface area contributed by atoms with Crippen LogP contribution in [0, 0.1) is 5.92 Å². The van der Waals surface area contributed by atoms with Gasteiger partial charge in [0, 0.05) is 5.69 Å². The second kappa shape index (κ2) is 6.25. The predicted octanol–water partition coefficient (Wildman–Crippen LogP) is 3.71. The van der Waals surface area contributed by atoms with E-state index in [9.17, 15) is 0 Å². The molecule has 2 heterocycles. The second-order valence-electron chi connectivity index (χ2n) is 7.40. The topological polar surface area (TPSA) is 29.9 Å². The second-order valence-corrected chi connectivity index (χ2v) is 7.40. The maximum absolute atomic E-state index is 4.72. The van der Waals surface area contributed by atoms with Gasteiger partial charge in [-0.1, -0.05) is 39.0 Å². The molecule has 3 heteroatoms. The first kappa shape index (κ1) is 15.3. The lowest BCUT2D eigenvalue weighted by molar-refractivity contribution is 0.365.